The molecule has 1 aromatic carbocycles. The summed E-state index contributed by atoms with van der Waals surface area (Å²) in [7, 11) is -2.35. The Balaban J connectivity index is 1.72. The number of fused-ring (bicyclic) bond motifs is 2. The van der Waals surface area contributed by atoms with Crippen molar-refractivity contribution in [2.45, 2.75) is 31.3 Å². The number of aliphatic hydroxyl groups excluding tert-OH is 1. The van der Waals surface area contributed by atoms with E-state index in [1.54, 1.807) is 37.4 Å². The highest BCUT2D eigenvalue weighted by molar-refractivity contribution is 9.10. The highest BCUT2D eigenvalue weighted by atomic mass is 79.9. The van der Waals surface area contributed by atoms with E-state index in [0.717, 1.165) is 9.67 Å². The lowest BCUT2D eigenvalue weighted by Crippen LogP contribution is -2.21. The zero-order valence-electron chi connectivity index (χ0n) is 19.7. The minimum Gasteiger partial charge on any atom is -0.383 e. The molecular weight excluding hydrogens is 564 g/mol. The van der Waals surface area contributed by atoms with Crippen LogP contribution < -0.4 is 5.56 Å². The quantitative estimate of drug-likeness (QED) is 0.311. The molecule has 0 aliphatic carbocycles. The van der Waals surface area contributed by atoms with Gasteiger partial charge in [-0.15, -0.1) is 11.3 Å². The van der Waals surface area contributed by atoms with Crippen LogP contribution in [0.2, 0.25) is 0 Å². The molecule has 0 amide bonds. The number of aliphatic hydroxyl groups is 1. The number of aromatic nitrogens is 4. The van der Waals surface area contributed by atoms with E-state index in [9.17, 15) is 18.3 Å². The molecule has 5 rings (SSSR count). The Hall–Kier alpha value is -2.86. The van der Waals surface area contributed by atoms with Crippen molar-refractivity contribution in [1.82, 2.24) is 18.7 Å². The summed E-state index contributed by atoms with van der Waals surface area (Å²) in [5.74, 6) is 0.319. The van der Waals surface area contributed by atoms with E-state index in [4.69, 9.17) is 0 Å². The van der Waals surface area contributed by atoms with E-state index in [0.29, 0.717) is 42.7 Å². The number of pyridine rings is 1. The predicted molar refractivity (Wildman–Crippen MR) is 144 cm³/mol. The summed E-state index contributed by atoms with van der Waals surface area (Å²) in [6.07, 6.45) is 2.39. The molecule has 0 aliphatic rings. The topological polar surface area (TPSA) is 107 Å². The summed E-state index contributed by atoms with van der Waals surface area (Å²) in [4.78, 5) is 17.9. The molecule has 0 saturated heterocycles. The molecular formula is C25H23BrN4O4S2. The van der Waals surface area contributed by atoms with Crippen LogP contribution in [0.4, 0.5) is 0 Å². The third-order valence-corrected chi connectivity index (χ3v) is 9.96. The molecule has 0 saturated carbocycles. The molecule has 8 nitrogen and oxygen atoms in total. The number of thiophene rings is 1. The molecule has 1 N–H and O–H groups in total. The molecule has 4 aromatic heterocycles. The lowest BCUT2D eigenvalue weighted by molar-refractivity contribution is 0.225. The maximum atomic E-state index is 13.4. The van der Waals surface area contributed by atoms with E-state index in [2.05, 4.69) is 39.9 Å². The van der Waals surface area contributed by atoms with Gasteiger partial charge >= 0.3 is 0 Å². The Kier molecular flexibility index (Phi) is 6.36. The van der Waals surface area contributed by atoms with E-state index in [1.807, 2.05) is 0 Å². The van der Waals surface area contributed by atoms with Crippen molar-refractivity contribution in [3.63, 3.8) is 0 Å². The lowest BCUT2D eigenvalue weighted by Gasteiger charge is -2.08. The van der Waals surface area contributed by atoms with Gasteiger partial charge in [0.05, 0.1) is 25.6 Å². The van der Waals surface area contributed by atoms with Crippen molar-refractivity contribution in [1.29, 1.82) is 0 Å². The number of nitrogens with zero attached hydrogens (tertiary/aromatic N) is 4. The Morgan fingerprint density at radius 2 is 1.86 bits per heavy atom. The molecule has 0 spiro atoms. The second-order valence-electron chi connectivity index (χ2n) is 8.93. The number of rotatable bonds is 6. The third-order valence-electron chi connectivity index (χ3n) is 5.92. The largest absolute Gasteiger partial charge is 0.383 e. The predicted octanol–water partition coefficient (Wildman–Crippen LogP) is 4.62. The average Bonchev–Trinajstić information content (AvgIpc) is 3.41. The van der Waals surface area contributed by atoms with Gasteiger partial charge in [0, 0.05) is 34.9 Å². The Morgan fingerprint density at radius 3 is 2.56 bits per heavy atom. The van der Waals surface area contributed by atoms with Gasteiger partial charge in [-0.2, -0.15) is 5.10 Å². The Morgan fingerprint density at radius 1 is 1.14 bits per heavy atom. The number of halogens is 1. The Labute approximate surface area is 220 Å². The van der Waals surface area contributed by atoms with Crippen LogP contribution in [0, 0.1) is 5.92 Å². The molecule has 1 atom stereocenters. The van der Waals surface area contributed by atoms with Crippen molar-refractivity contribution >= 4 is 58.4 Å². The minimum absolute atomic E-state index is 0.115. The van der Waals surface area contributed by atoms with Crippen LogP contribution in [-0.2, 0) is 23.5 Å². The molecule has 186 valence electrons. The molecule has 0 bridgehead atoms. The van der Waals surface area contributed by atoms with Gasteiger partial charge in [0.2, 0.25) is 0 Å². The van der Waals surface area contributed by atoms with E-state index < -0.39 is 16.1 Å². The first-order chi connectivity index (χ1) is 17.1. The number of hydrogen-bond donors (Lipinski definition) is 1. The summed E-state index contributed by atoms with van der Waals surface area (Å²) in [5, 5.41) is 17.0. The summed E-state index contributed by atoms with van der Waals surface area (Å²) in [5.41, 5.74) is 1.10. The molecule has 5 aromatic rings. The smallest absolute Gasteiger partial charge is 0.276 e. The molecule has 1 unspecified atom stereocenters. The fraction of sp³-hybridized carbons (Fsp3) is 0.240. The molecule has 36 heavy (non-hydrogen) atoms. The zero-order chi connectivity index (χ0) is 25.8. The molecule has 0 fully saturated rings. The van der Waals surface area contributed by atoms with Gasteiger partial charge in [0.25, 0.3) is 15.6 Å². The van der Waals surface area contributed by atoms with Crippen molar-refractivity contribution in [3.05, 3.63) is 85.8 Å². The number of aryl methyl sites for hydroxylation is 1. The van der Waals surface area contributed by atoms with Crippen molar-refractivity contribution < 1.29 is 13.5 Å². The van der Waals surface area contributed by atoms with Gasteiger partial charge < -0.3 is 5.11 Å². The summed E-state index contributed by atoms with van der Waals surface area (Å²) >= 11 is 4.84. The normalized spacial score (nSPS) is 13.2. The van der Waals surface area contributed by atoms with Crippen molar-refractivity contribution in [2.24, 2.45) is 13.0 Å². The SMILES string of the molecule is CC(C)Cc1nn(C)c(=O)c2c(Br)c(C(O)c3cn(S(=O)(=O)c4ccccc4)c4ncccc34)sc12. The van der Waals surface area contributed by atoms with Gasteiger partial charge in [-0.25, -0.2) is 22.1 Å². The zero-order valence-corrected chi connectivity index (χ0v) is 22.9. The van der Waals surface area contributed by atoms with Crippen LogP contribution in [0.1, 0.15) is 36.1 Å². The van der Waals surface area contributed by atoms with Crippen molar-refractivity contribution in [3.8, 4) is 0 Å². The first-order valence-corrected chi connectivity index (χ1v) is 14.3. The molecule has 4 heterocycles. The van der Waals surface area contributed by atoms with Gasteiger partial charge in [-0.1, -0.05) is 32.0 Å². The van der Waals surface area contributed by atoms with Gasteiger partial charge in [-0.05, 0) is 52.5 Å². The maximum Gasteiger partial charge on any atom is 0.276 e. The second-order valence-corrected chi connectivity index (χ2v) is 12.6. The molecule has 11 heteroatoms. The van der Waals surface area contributed by atoms with Crippen LogP contribution in [0.25, 0.3) is 21.1 Å². The summed E-state index contributed by atoms with van der Waals surface area (Å²) in [6.45, 7) is 4.15. The lowest BCUT2D eigenvalue weighted by atomic mass is 10.1. The molecule has 0 radical (unpaired) electrons. The first kappa shape index (κ1) is 24.8. The van der Waals surface area contributed by atoms with E-state index in [-0.39, 0.29) is 16.1 Å². The highest BCUT2D eigenvalue weighted by Gasteiger charge is 2.29. The van der Waals surface area contributed by atoms with Crippen LogP contribution >= 0.6 is 27.3 Å². The highest BCUT2D eigenvalue weighted by Crippen LogP contribution is 2.43. The second kappa shape index (κ2) is 9.22. The minimum atomic E-state index is -3.96. The monoisotopic (exact) mass is 586 g/mol. The van der Waals surface area contributed by atoms with Crippen LogP contribution in [0.15, 0.2) is 69.0 Å². The first-order valence-electron chi connectivity index (χ1n) is 11.2. The number of hydrogen-bond acceptors (Lipinski definition) is 7. The van der Waals surface area contributed by atoms with Crippen LogP contribution in [-0.4, -0.2) is 32.3 Å². The average molecular weight is 588 g/mol. The summed E-state index contributed by atoms with van der Waals surface area (Å²) < 4.78 is 30.5. The fourth-order valence-electron chi connectivity index (χ4n) is 4.26. The van der Waals surface area contributed by atoms with Gasteiger partial charge in [0.15, 0.2) is 5.65 Å². The van der Waals surface area contributed by atoms with Gasteiger partial charge in [-0.3, -0.25) is 4.79 Å². The van der Waals surface area contributed by atoms with E-state index >= 15 is 0 Å². The van der Waals surface area contributed by atoms with Crippen LogP contribution in [0.5, 0.6) is 0 Å². The van der Waals surface area contributed by atoms with Crippen molar-refractivity contribution in [2.75, 3.05) is 0 Å². The number of benzene rings is 1. The molecule has 0 aliphatic heterocycles. The summed E-state index contributed by atoms with van der Waals surface area (Å²) in [6, 6.07) is 11.5. The van der Waals surface area contributed by atoms with E-state index in [1.165, 1.54) is 40.5 Å². The fourth-order valence-corrected chi connectivity index (χ4v) is 7.75. The third kappa shape index (κ3) is 4.00. The standard InChI is InChI=1S/C25H23BrN4O4S2/c1-14(2)12-18-22-19(25(32)29(3)28-18)20(26)23(35-22)21(31)17-13-30(24-16(17)10-7-11-27-24)36(33,34)15-8-5-4-6-9-15/h4-11,13-14,21,31H,12H2,1-3H3. The van der Waals surface area contributed by atoms with Crippen LogP contribution in [0.3, 0.4) is 0 Å². The van der Waals surface area contributed by atoms with Gasteiger partial charge in [0.1, 0.15) is 6.10 Å². The maximum absolute atomic E-state index is 13.4. The Bertz CT molecular complexity index is 1770.